The van der Waals surface area contributed by atoms with Crippen LogP contribution < -0.4 is 9.46 Å². The second kappa shape index (κ2) is 8.79. The van der Waals surface area contributed by atoms with Crippen LogP contribution in [0.3, 0.4) is 0 Å². The predicted octanol–water partition coefficient (Wildman–Crippen LogP) is 4.68. The monoisotopic (exact) mass is 431 g/mol. The van der Waals surface area contributed by atoms with E-state index >= 15 is 0 Å². The molecule has 0 atom stereocenters. The van der Waals surface area contributed by atoms with Crippen molar-refractivity contribution in [2.75, 3.05) is 18.4 Å². The van der Waals surface area contributed by atoms with Gasteiger partial charge in [0.15, 0.2) is 0 Å². The van der Waals surface area contributed by atoms with Crippen molar-refractivity contribution in [2.24, 2.45) is 0 Å². The Hall–Kier alpha value is -3.00. The number of aryl methyl sites for hydroxylation is 2. The number of carbonyl (C=O) groups excluding carboxylic acids is 1. The van der Waals surface area contributed by atoms with Crippen LogP contribution in [0.25, 0.3) is 11.0 Å². The summed E-state index contributed by atoms with van der Waals surface area (Å²) in [7, 11) is -2.32. The molecule has 0 fully saturated rings. The van der Waals surface area contributed by atoms with E-state index in [1.807, 2.05) is 6.92 Å². The fourth-order valence-corrected chi connectivity index (χ4v) is 4.32. The Morgan fingerprint density at radius 2 is 1.83 bits per heavy atom. The third kappa shape index (κ3) is 4.28. The van der Waals surface area contributed by atoms with Gasteiger partial charge in [-0.25, -0.2) is 13.2 Å². The van der Waals surface area contributed by atoms with E-state index in [1.54, 1.807) is 38.1 Å². The summed E-state index contributed by atoms with van der Waals surface area (Å²) in [5.74, 6) is 0.625. The lowest BCUT2D eigenvalue weighted by atomic mass is 10.1. The number of nitrogens with one attached hydrogen (secondary N) is 1. The average Bonchev–Trinajstić information content (AvgIpc) is 3.05. The van der Waals surface area contributed by atoms with Gasteiger partial charge in [-0.1, -0.05) is 6.92 Å². The Morgan fingerprint density at radius 1 is 1.13 bits per heavy atom. The highest BCUT2D eigenvalue weighted by Gasteiger charge is 2.24. The van der Waals surface area contributed by atoms with Crippen molar-refractivity contribution in [3.05, 3.63) is 53.3 Å². The van der Waals surface area contributed by atoms with Crippen LogP contribution in [0.15, 0.2) is 45.7 Å². The second-order valence-corrected chi connectivity index (χ2v) is 8.50. The normalized spacial score (nSPS) is 11.5. The summed E-state index contributed by atoms with van der Waals surface area (Å²) in [5, 5.41) is 0.523. The number of ether oxygens (including phenoxy) is 2. The third-order valence-electron chi connectivity index (χ3n) is 4.68. The summed E-state index contributed by atoms with van der Waals surface area (Å²) in [6.07, 6.45) is 1.37. The molecule has 0 saturated carbocycles. The van der Waals surface area contributed by atoms with Gasteiger partial charge in [0.25, 0.3) is 10.0 Å². The van der Waals surface area contributed by atoms with Gasteiger partial charge in [0, 0.05) is 11.8 Å². The standard InChI is InChI=1S/C22H25NO6S/c1-5-7-19-21(22(24)28-6-2)17-13-18(14(3)12-20(17)29-19)23-30(25,26)16-10-8-15(27-4)9-11-16/h8-13,23H,5-7H2,1-4H3. The topological polar surface area (TPSA) is 94.8 Å². The van der Waals surface area contributed by atoms with Gasteiger partial charge >= 0.3 is 5.97 Å². The lowest BCUT2D eigenvalue weighted by Gasteiger charge is -2.11. The zero-order chi connectivity index (χ0) is 21.9. The summed E-state index contributed by atoms with van der Waals surface area (Å²) in [6, 6.07) is 9.45. The Morgan fingerprint density at radius 3 is 2.43 bits per heavy atom. The van der Waals surface area contributed by atoms with Crippen LogP contribution in [0.5, 0.6) is 5.75 Å². The number of furan rings is 1. The van der Waals surface area contributed by atoms with Crippen molar-refractivity contribution in [1.82, 2.24) is 0 Å². The van der Waals surface area contributed by atoms with Crippen LogP contribution >= 0.6 is 0 Å². The smallest absolute Gasteiger partial charge is 0.342 e. The molecule has 0 amide bonds. The molecule has 0 aliphatic carbocycles. The Kier molecular flexibility index (Phi) is 6.36. The summed E-state index contributed by atoms with van der Waals surface area (Å²) in [4.78, 5) is 12.6. The van der Waals surface area contributed by atoms with E-state index in [-0.39, 0.29) is 11.5 Å². The number of fused-ring (bicyclic) bond motifs is 1. The molecule has 2 aromatic carbocycles. The molecule has 0 bridgehead atoms. The molecule has 7 nitrogen and oxygen atoms in total. The maximum absolute atomic E-state index is 12.9. The summed E-state index contributed by atoms with van der Waals surface area (Å²) in [5.41, 5.74) is 1.91. The van der Waals surface area contributed by atoms with E-state index in [4.69, 9.17) is 13.9 Å². The first-order chi connectivity index (χ1) is 14.3. The van der Waals surface area contributed by atoms with E-state index in [1.165, 1.54) is 19.2 Å². The van der Waals surface area contributed by atoms with Gasteiger partial charge in [-0.15, -0.1) is 0 Å². The highest BCUT2D eigenvalue weighted by Crippen LogP contribution is 2.33. The lowest BCUT2D eigenvalue weighted by molar-refractivity contribution is 0.0526. The number of hydrogen-bond acceptors (Lipinski definition) is 6. The number of sulfonamides is 1. The molecule has 1 heterocycles. The largest absolute Gasteiger partial charge is 0.497 e. The third-order valence-corrected chi connectivity index (χ3v) is 6.06. The first-order valence-electron chi connectivity index (χ1n) is 9.70. The van der Waals surface area contributed by atoms with E-state index in [9.17, 15) is 13.2 Å². The average molecular weight is 432 g/mol. The Bertz CT molecular complexity index is 1160. The predicted molar refractivity (Wildman–Crippen MR) is 115 cm³/mol. The van der Waals surface area contributed by atoms with Gasteiger partial charge in [0.05, 0.1) is 24.3 Å². The van der Waals surface area contributed by atoms with Crippen molar-refractivity contribution >= 4 is 32.6 Å². The molecule has 30 heavy (non-hydrogen) atoms. The fourth-order valence-electron chi connectivity index (χ4n) is 3.19. The molecular weight excluding hydrogens is 406 g/mol. The minimum absolute atomic E-state index is 0.104. The first-order valence-corrected chi connectivity index (χ1v) is 11.2. The van der Waals surface area contributed by atoms with Crippen LogP contribution in [0.2, 0.25) is 0 Å². The minimum atomic E-state index is -3.83. The highest BCUT2D eigenvalue weighted by molar-refractivity contribution is 7.92. The number of methoxy groups -OCH3 is 1. The number of benzene rings is 2. The van der Waals surface area contributed by atoms with Crippen LogP contribution in [-0.4, -0.2) is 28.1 Å². The van der Waals surface area contributed by atoms with E-state index in [2.05, 4.69) is 4.72 Å². The van der Waals surface area contributed by atoms with E-state index in [0.717, 1.165) is 6.42 Å². The molecule has 0 spiro atoms. The number of hydrogen-bond donors (Lipinski definition) is 1. The number of rotatable bonds is 8. The van der Waals surface area contributed by atoms with E-state index < -0.39 is 16.0 Å². The molecule has 160 valence electrons. The van der Waals surface area contributed by atoms with Gasteiger partial charge in [-0.05, 0) is 62.2 Å². The van der Waals surface area contributed by atoms with Gasteiger partial charge < -0.3 is 13.9 Å². The minimum Gasteiger partial charge on any atom is -0.497 e. The fraction of sp³-hybridized carbons (Fsp3) is 0.318. The number of anilines is 1. The molecule has 3 aromatic rings. The molecule has 0 saturated heterocycles. The molecule has 8 heteroatoms. The number of carbonyl (C=O) groups is 1. The van der Waals surface area contributed by atoms with Crippen LogP contribution in [0.4, 0.5) is 5.69 Å². The first kappa shape index (κ1) is 21.7. The summed E-state index contributed by atoms with van der Waals surface area (Å²) < 4.78 is 44.5. The molecule has 0 radical (unpaired) electrons. The molecule has 3 rings (SSSR count). The molecule has 0 aliphatic heterocycles. The maximum Gasteiger partial charge on any atom is 0.342 e. The molecule has 0 aliphatic rings. The van der Waals surface area contributed by atoms with Crippen LogP contribution in [0.1, 0.15) is 41.9 Å². The van der Waals surface area contributed by atoms with Crippen molar-refractivity contribution in [3.63, 3.8) is 0 Å². The van der Waals surface area contributed by atoms with Gasteiger partial charge in [-0.3, -0.25) is 4.72 Å². The van der Waals surface area contributed by atoms with Crippen molar-refractivity contribution in [3.8, 4) is 5.75 Å². The van der Waals surface area contributed by atoms with E-state index in [0.29, 0.717) is 45.7 Å². The van der Waals surface area contributed by atoms with Crippen LogP contribution in [0, 0.1) is 6.92 Å². The van der Waals surface area contributed by atoms with Crippen molar-refractivity contribution in [2.45, 2.75) is 38.5 Å². The SMILES string of the molecule is CCCc1oc2cc(C)c(NS(=O)(=O)c3ccc(OC)cc3)cc2c1C(=O)OCC. The Labute approximate surface area is 176 Å². The Balaban J connectivity index is 2.06. The lowest BCUT2D eigenvalue weighted by Crippen LogP contribution is -2.14. The quantitative estimate of drug-likeness (QED) is 0.521. The highest BCUT2D eigenvalue weighted by atomic mass is 32.2. The molecular formula is C22H25NO6S. The van der Waals surface area contributed by atoms with Gasteiger partial charge in [0.2, 0.25) is 0 Å². The van der Waals surface area contributed by atoms with Gasteiger partial charge in [-0.2, -0.15) is 0 Å². The van der Waals surface area contributed by atoms with Crippen molar-refractivity contribution < 1.29 is 27.1 Å². The molecule has 1 aromatic heterocycles. The zero-order valence-corrected chi connectivity index (χ0v) is 18.3. The zero-order valence-electron chi connectivity index (χ0n) is 17.4. The summed E-state index contributed by atoms with van der Waals surface area (Å²) in [6.45, 7) is 5.73. The molecule has 1 N–H and O–H groups in total. The van der Waals surface area contributed by atoms with Crippen molar-refractivity contribution in [1.29, 1.82) is 0 Å². The second-order valence-electron chi connectivity index (χ2n) is 6.82. The summed E-state index contributed by atoms with van der Waals surface area (Å²) >= 11 is 0. The maximum atomic E-state index is 12.9. The number of esters is 1. The van der Waals surface area contributed by atoms with Gasteiger partial charge in [0.1, 0.15) is 22.7 Å². The molecule has 0 unspecified atom stereocenters. The van der Waals surface area contributed by atoms with Crippen LogP contribution in [-0.2, 0) is 21.2 Å².